The summed E-state index contributed by atoms with van der Waals surface area (Å²) in [6.07, 6.45) is -4.86. The summed E-state index contributed by atoms with van der Waals surface area (Å²) in [6, 6.07) is 5.79. The van der Waals surface area contributed by atoms with Crippen LogP contribution in [-0.2, 0) is 4.79 Å². The van der Waals surface area contributed by atoms with Gasteiger partial charge in [0, 0.05) is 0 Å². The summed E-state index contributed by atoms with van der Waals surface area (Å²) in [4.78, 5) is 10.6. The van der Waals surface area contributed by atoms with Crippen LogP contribution in [-0.4, -0.2) is 17.4 Å². The van der Waals surface area contributed by atoms with E-state index in [1.807, 2.05) is 0 Å². The number of rotatable bonds is 3. The van der Waals surface area contributed by atoms with Gasteiger partial charge in [0.1, 0.15) is 5.75 Å². The highest BCUT2D eigenvalue weighted by atomic mass is 19.4. The Bertz CT molecular complexity index is 465. The Kier molecular flexibility index (Phi) is 3.58. The van der Waals surface area contributed by atoms with Gasteiger partial charge in [-0.3, -0.25) is 4.79 Å². The Labute approximate surface area is 93.8 Å². The lowest BCUT2D eigenvalue weighted by molar-refractivity contribution is -0.274. The Balaban J connectivity index is 3.01. The summed E-state index contributed by atoms with van der Waals surface area (Å²) < 4.78 is 39.3. The van der Waals surface area contributed by atoms with Crippen LogP contribution in [0.15, 0.2) is 24.3 Å². The molecule has 0 aliphatic rings. The molecule has 1 aromatic rings. The highest BCUT2D eigenvalue weighted by Crippen LogP contribution is 2.26. The molecule has 1 aromatic carbocycles. The van der Waals surface area contributed by atoms with E-state index in [0.717, 1.165) is 12.1 Å². The third-order valence-corrected chi connectivity index (χ3v) is 1.80. The van der Waals surface area contributed by atoms with Crippen molar-refractivity contribution in [3.63, 3.8) is 0 Å². The maximum absolute atomic E-state index is 11.9. The number of carbonyl (C=O) groups is 1. The van der Waals surface area contributed by atoms with Crippen LogP contribution in [0.3, 0.4) is 0 Å². The number of benzene rings is 1. The zero-order valence-electron chi connectivity index (χ0n) is 8.23. The summed E-state index contributed by atoms with van der Waals surface area (Å²) in [5.41, 5.74) is -0.0678. The predicted octanol–water partition coefficient (Wildman–Crippen LogP) is 2.28. The summed E-state index contributed by atoms with van der Waals surface area (Å²) in [5, 5.41) is 17.2. The number of carboxylic acid groups (broad SMARTS) is 1. The molecule has 7 heteroatoms. The fourth-order valence-electron chi connectivity index (χ4n) is 1.16. The van der Waals surface area contributed by atoms with E-state index in [0.29, 0.717) is 0 Å². The summed E-state index contributed by atoms with van der Waals surface area (Å²) in [6.45, 7) is 0. The molecule has 0 saturated carbocycles. The fourth-order valence-corrected chi connectivity index (χ4v) is 1.16. The van der Waals surface area contributed by atoms with E-state index in [1.165, 1.54) is 18.2 Å². The molecule has 4 nitrogen and oxygen atoms in total. The number of nitrogens with zero attached hydrogens (tertiary/aromatic N) is 1. The van der Waals surface area contributed by atoms with Gasteiger partial charge in [-0.15, -0.1) is 13.2 Å². The first-order valence-electron chi connectivity index (χ1n) is 4.31. The minimum Gasteiger partial charge on any atom is -0.480 e. The number of halogens is 3. The monoisotopic (exact) mass is 245 g/mol. The van der Waals surface area contributed by atoms with Gasteiger partial charge >= 0.3 is 12.3 Å². The molecule has 1 atom stereocenters. The van der Waals surface area contributed by atoms with Crippen molar-refractivity contribution >= 4 is 5.97 Å². The van der Waals surface area contributed by atoms with E-state index < -0.39 is 24.0 Å². The summed E-state index contributed by atoms with van der Waals surface area (Å²) >= 11 is 0. The van der Waals surface area contributed by atoms with Gasteiger partial charge in [0.05, 0.1) is 6.07 Å². The second-order valence-corrected chi connectivity index (χ2v) is 3.02. The maximum atomic E-state index is 11.9. The Morgan fingerprint density at radius 1 is 1.47 bits per heavy atom. The Morgan fingerprint density at radius 2 is 2.12 bits per heavy atom. The number of alkyl halides is 3. The van der Waals surface area contributed by atoms with Crippen molar-refractivity contribution < 1.29 is 27.8 Å². The van der Waals surface area contributed by atoms with Gasteiger partial charge in [0.25, 0.3) is 0 Å². The zero-order valence-corrected chi connectivity index (χ0v) is 8.23. The quantitative estimate of drug-likeness (QED) is 0.886. The molecule has 0 aromatic heterocycles. The van der Waals surface area contributed by atoms with Gasteiger partial charge in [0.2, 0.25) is 0 Å². The molecule has 0 amide bonds. The van der Waals surface area contributed by atoms with Crippen LogP contribution in [0, 0.1) is 11.3 Å². The molecule has 17 heavy (non-hydrogen) atoms. The second-order valence-electron chi connectivity index (χ2n) is 3.02. The molecule has 1 unspecified atom stereocenters. The van der Waals surface area contributed by atoms with Crippen molar-refractivity contribution in [2.45, 2.75) is 12.3 Å². The molecule has 0 aliphatic heterocycles. The summed E-state index contributed by atoms with van der Waals surface area (Å²) in [5.74, 6) is -3.51. The number of hydrogen-bond acceptors (Lipinski definition) is 3. The van der Waals surface area contributed by atoms with E-state index in [2.05, 4.69) is 4.74 Å². The third-order valence-electron chi connectivity index (χ3n) is 1.80. The zero-order chi connectivity index (χ0) is 13.1. The van der Waals surface area contributed by atoms with Crippen molar-refractivity contribution in [3.05, 3.63) is 29.8 Å². The van der Waals surface area contributed by atoms with Crippen molar-refractivity contribution in [1.29, 1.82) is 5.26 Å². The van der Waals surface area contributed by atoms with E-state index in [4.69, 9.17) is 10.4 Å². The lowest BCUT2D eigenvalue weighted by Gasteiger charge is -2.10. The highest BCUT2D eigenvalue weighted by molar-refractivity contribution is 5.79. The number of hydrogen-bond donors (Lipinski definition) is 1. The van der Waals surface area contributed by atoms with E-state index >= 15 is 0 Å². The molecule has 0 spiro atoms. The third kappa shape index (κ3) is 3.68. The lowest BCUT2D eigenvalue weighted by Crippen LogP contribution is -2.17. The van der Waals surface area contributed by atoms with Crippen molar-refractivity contribution in [2.24, 2.45) is 0 Å². The molecule has 0 bridgehead atoms. The maximum Gasteiger partial charge on any atom is 0.573 e. The van der Waals surface area contributed by atoms with Crippen LogP contribution in [0.2, 0.25) is 0 Å². The van der Waals surface area contributed by atoms with Gasteiger partial charge < -0.3 is 9.84 Å². The average Bonchev–Trinajstić information content (AvgIpc) is 2.15. The molecule has 90 valence electrons. The van der Waals surface area contributed by atoms with Crippen LogP contribution >= 0.6 is 0 Å². The first-order chi connectivity index (χ1) is 7.83. The number of nitriles is 1. The van der Waals surface area contributed by atoms with Crippen LogP contribution in [0.5, 0.6) is 5.75 Å². The van der Waals surface area contributed by atoms with Crippen LogP contribution in [0.1, 0.15) is 11.5 Å². The van der Waals surface area contributed by atoms with Gasteiger partial charge in [-0.2, -0.15) is 5.26 Å². The number of aliphatic carboxylic acids is 1. The Hall–Kier alpha value is -2.23. The SMILES string of the molecule is N#CC(C(=O)O)c1cccc(OC(F)(F)F)c1. The molecule has 1 N–H and O–H groups in total. The average molecular weight is 245 g/mol. The molecule has 0 fully saturated rings. The Morgan fingerprint density at radius 3 is 2.59 bits per heavy atom. The normalized spacial score (nSPS) is 12.6. The van der Waals surface area contributed by atoms with Gasteiger partial charge in [-0.05, 0) is 17.7 Å². The second kappa shape index (κ2) is 4.74. The minimum atomic E-state index is -4.86. The molecule has 1 rings (SSSR count). The van der Waals surface area contributed by atoms with Gasteiger partial charge in [0.15, 0.2) is 5.92 Å². The largest absolute Gasteiger partial charge is 0.573 e. The molecule has 0 saturated heterocycles. The first kappa shape index (κ1) is 12.8. The highest BCUT2D eigenvalue weighted by Gasteiger charge is 2.31. The van der Waals surface area contributed by atoms with Crippen LogP contribution in [0.4, 0.5) is 13.2 Å². The molecule has 0 aliphatic carbocycles. The predicted molar refractivity (Wildman–Crippen MR) is 49.1 cm³/mol. The van der Waals surface area contributed by atoms with Crippen LogP contribution in [0.25, 0.3) is 0 Å². The van der Waals surface area contributed by atoms with E-state index in [1.54, 1.807) is 0 Å². The molecule has 0 radical (unpaired) electrons. The smallest absolute Gasteiger partial charge is 0.480 e. The summed E-state index contributed by atoms with van der Waals surface area (Å²) in [7, 11) is 0. The van der Waals surface area contributed by atoms with E-state index in [-0.39, 0.29) is 5.56 Å². The van der Waals surface area contributed by atoms with Crippen molar-refractivity contribution in [2.75, 3.05) is 0 Å². The van der Waals surface area contributed by atoms with Crippen molar-refractivity contribution in [3.8, 4) is 11.8 Å². The lowest BCUT2D eigenvalue weighted by atomic mass is 10.0. The topological polar surface area (TPSA) is 70.3 Å². The van der Waals surface area contributed by atoms with Gasteiger partial charge in [-0.1, -0.05) is 12.1 Å². The van der Waals surface area contributed by atoms with Crippen molar-refractivity contribution in [1.82, 2.24) is 0 Å². The molecular weight excluding hydrogens is 239 g/mol. The number of ether oxygens (including phenoxy) is 1. The minimum absolute atomic E-state index is 0.0678. The standard InChI is InChI=1S/C10H6F3NO3/c11-10(12,13)17-7-3-1-2-6(4-7)8(5-14)9(15)16/h1-4,8H,(H,15,16). The fraction of sp³-hybridized carbons (Fsp3) is 0.200. The molecule has 0 heterocycles. The first-order valence-corrected chi connectivity index (χ1v) is 4.31. The van der Waals surface area contributed by atoms with Crippen LogP contribution < -0.4 is 4.74 Å². The molecular formula is C10H6F3NO3. The van der Waals surface area contributed by atoms with Gasteiger partial charge in [-0.25, -0.2) is 0 Å². The van der Waals surface area contributed by atoms with E-state index in [9.17, 15) is 18.0 Å². The number of carboxylic acids is 1.